The predicted molar refractivity (Wildman–Crippen MR) is 87.2 cm³/mol. The quantitative estimate of drug-likeness (QED) is 0.647. The number of imidazole rings is 1. The van der Waals surface area contributed by atoms with Crippen LogP contribution in [0.2, 0.25) is 5.02 Å². The summed E-state index contributed by atoms with van der Waals surface area (Å²) >= 11 is 5.84. The minimum Gasteiger partial charge on any atom is -0.337 e. The standard InChI is InChI=1S/C16H17ClN4O2/c17-12-2-4-13(5-3-12)21-15(22)10-14(16(21)23)19-6-1-8-20-9-7-18-11-20/h2-5,7,9,11,14,19H,1,6,8,10H2. The first-order valence-corrected chi connectivity index (χ1v) is 7.84. The Kier molecular flexibility index (Phi) is 4.73. The monoisotopic (exact) mass is 332 g/mol. The molecular weight excluding hydrogens is 316 g/mol. The summed E-state index contributed by atoms with van der Waals surface area (Å²) in [6.07, 6.45) is 6.43. The largest absolute Gasteiger partial charge is 0.337 e. The molecule has 1 aliphatic heterocycles. The third-order valence-corrected chi connectivity index (χ3v) is 4.03. The fraction of sp³-hybridized carbons (Fsp3) is 0.312. The van der Waals surface area contributed by atoms with Gasteiger partial charge in [-0.25, -0.2) is 9.88 Å². The molecule has 3 rings (SSSR count). The third-order valence-electron chi connectivity index (χ3n) is 3.77. The number of carbonyl (C=O) groups is 2. The number of aromatic nitrogens is 2. The topological polar surface area (TPSA) is 67.2 Å². The number of halogens is 1. The van der Waals surface area contributed by atoms with Gasteiger partial charge in [0.25, 0.3) is 5.91 Å². The van der Waals surface area contributed by atoms with E-state index in [0.717, 1.165) is 13.0 Å². The molecule has 0 aliphatic carbocycles. The Balaban J connectivity index is 1.54. The molecule has 120 valence electrons. The normalized spacial score (nSPS) is 18.0. The number of imide groups is 1. The van der Waals surface area contributed by atoms with Gasteiger partial charge in [-0.15, -0.1) is 0 Å². The van der Waals surface area contributed by atoms with Crippen LogP contribution in [0.15, 0.2) is 43.0 Å². The van der Waals surface area contributed by atoms with Gasteiger partial charge in [-0.1, -0.05) is 11.6 Å². The SMILES string of the molecule is O=C1CC(NCCCn2ccnc2)C(=O)N1c1ccc(Cl)cc1. The van der Waals surface area contributed by atoms with Gasteiger partial charge in [0.15, 0.2) is 0 Å². The van der Waals surface area contributed by atoms with Crippen LogP contribution in [0.5, 0.6) is 0 Å². The molecule has 1 aromatic carbocycles. The summed E-state index contributed by atoms with van der Waals surface area (Å²) in [6, 6.07) is 6.24. The maximum absolute atomic E-state index is 12.4. The molecule has 0 spiro atoms. The zero-order valence-corrected chi connectivity index (χ0v) is 13.2. The van der Waals surface area contributed by atoms with Crippen LogP contribution in [0, 0.1) is 0 Å². The molecule has 0 radical (unpaired) electrons. The number of aryl methyl sites for hydroxylation is 1. The van der Waals surface area contributed by atoms with Gasteiger partial charge in [0.1, 0.15) is 0 Å². The highest BCUT2D eigenvalue weighted by Gasteiger charge is 2.38. The molecule has 2 aromatic rings. The zero-order valence-electron chi connectivity index (χ0n) is 12.5. The molecule has 0 saturated carbocycles. The van der Waals surface area contributed by atoms with E-state index in [9.17, 15) is 9.59 Å². The summed E-state index contributed by atoms with van der Waals surface area (Å²) in [6.45, 7) is 1.49. The van der Waals surface area contributed by atoms with E-state index in [0.29, 0.717) is 17.3 Å². The number of hydrogen-bond donors (Lipinski definition) is 1. The number of hydrogen-bond acceptors (Lipinski definition) is 4. The highest BCUT2D eigenvalue weighted by Crippen LogP contribution is 2.24. The maximum atomic E-state index is 12.4. The van der Waals surface area contributed by atoms with Crippen LogP contribution in [-0.2, 0) is 16.1 Å². The second kappa shape index (κ2) is 6.93. The molecule has 2 heterocycles. The summed E-state index contributed by atoms with van der Waals surface area (Å²) < 4.78 is 1.98. The molecule has 1 aromatic heterocycles. The van der Waals surface area contributed by atoms with Crippen molar-refractivity contribution in [1.82, 2.24) is 14.9 Å². The molecule has 7 heteroatoms. The fourth-order valence-corrected chi connectivity index (χ4v) is 2.74. The van der Waals surface area contributed by atoms with Crippen molar-refractivity contribution in [3.05, 3.63) is 48.0 Å². The average molecular weight is 333 g/mol. The molecule has 1 fully saturated rings. The van der Waals surface area contributed by atoms with Gasteiger partial charge in [0.2, 0.25) is 5.91 Å². The van der Waals surface area contributed by atoms with Crippen LogP contribution in [0.1, 0.15) is 12.8 Å². The number of rotatable bonds is 6. The lowest BCUT2D eigenvalue weighted by molar-refractivity contribution is -0.121. The molecule has 23 heavy (non-hydrogen) atoms. The fourth-order valence-electron chi connectivity index (χ4n) is 2.61. The van der Waals surface area contributed by atoms with Crippen molar-refractivity contribution in [3.63, 3.8) is 0 Å². The summed E-state index contributed by atoms with van der Waals surface area (Å²) in [5.74, 6) is -0.399. The van der Waals surface area contributed by atoms with E-state index in [1.807, 2.05) is 10.8 Å². The number of amides is 2. The first kappa shape index (κ1) is 15.7. The Hall–Kier alpha value is -2.18. The number of anilines is 1. The van der Waals surface area contributed by atoms with E-state index >= 15 is 0 Å². The molecule has 1 unspecified atom stereocenters. The van der Waals surface area contributed by atoms with Crippen LogP contribution in [0.4, 0.5) is 5.69 Å². The van der Waals surface area contributed by atoms with Gasteiger partial charge >= 0.3 is 0 Å². The van der Waals surface area contributed by atoms with Crippen molar-refractivity contribution in [2.45, 2.75) is 25.4 Å². The second-order valence-electron chi connectivity index (χ2n) is 5.41. The Labute approximate surface area is 139 Å². The van der Waals surface area contributed by atoms with Crippen molar-refractivity contribution in [3.8, 4) is 0 Å². The van der Waals surface area contributed by atoms with Gasteiger partial charge in [-0.05, 0) is 37.2 Å². The number of benzene rings is 1. The van der Waals surface area contributed by atoms with E-state index in [1.54, 1.807) is 36.8 Å². The lowest BCUT2D eigenvalue weighted by Gasteiger charge is -2.15. The number of nitrogens with zero attached hydrogens (tertiary/aromatic N) is 3. The van der Waals surface area contributed by atoms with E-state index < -0.39 is 6.04 Å². The second-order valence-corrected chi connectivity index (χ2v) is 5.85. The predicted octanol–water partition coefficient (Wildman–Crippen LogP) is 1.85. The van der Waals surface area contributed by atoms with Crippen LogP contribution < -0.4 is 10.2 Å². The summed E-state index contributed by atoms with van der Waals surface area (Å²) in [5, 5.41) is 3.73. The Morgan fingerprint density at radius 1 is 1.26 bits per heavy atom. The van der Waals surface area contributed by atoms with Crippen molar-refractivity contribution in [1.29, 1.82) is 0 Å². The summed E-state index contributed by atoms with van der Waals surface area (Å²) in [4.78, 5) is 29.7. The molecule has 1 aliphatic rings. The van der Waals surface area contributed by atoms with Gasteiger partial charge in [0.05, 0.1) is 24.5 Å². The van der Waals surface area contributed by atoms with Crippen LogP contribution in [0.25, 0.3) is 0 Å². The first-order valence-electron chi connectivity index (χ1n) is 7.46. The van der Waals surface area contributed by atoms with Crippen molar-refractivity contribution in [2.24, 2.45) is 0 Å². The molecule has 1 atom stereocenters. The van der Waals surface area contributed by atoms with Crippen molar-refractivity contribution >= 4 is 29.1 Å². The highest BCUT2D eigenvalue weighted by atomic mass is 35.5. The Morgan fingerprint density at radius 2 is 2.04 bits per heavy atom. The van der Waals surface area contributed by atoms with Crippen LogP contribution in [-0.4, -0.2) is 34.0 Å². The van der Waals surface area contributed by atoms with Gasteiger partial charge in [-0.3, -0.25) is 9.59 Å². The summed E-state index contributed by atoms with van der Waals surface area (Å²) in [7, 11) is 0. The van der Waals surface area contributed by atoms with Crippen LogP contribution >= 0.6 is 11.6 Å². The average Bonchev–Trinajstić information content (AvgIpc) is 3.14. The Bertz CT molecular complexity index is 685. The van der Waals surface area contributed by atoms with Gasteiger partial charge < -0.3 is 9.88 Å². The maximum Gasteiger partial charge on any atom is 0.251 e. The molecule has 2 amide bonds. The van der Waals surface area contributed by atoms with Gasteiger partial charge in [-0.2, -0.15) is 0 Å². The van der Waals surface area contributed by atoms with E-state index in [1.165, 1.54) is 4.90 Å². The lowest BCUT2D eigenvalue weighted by atomic mass is 10.2. The zero-order chi connectivity index (χ0) is 16.2. The molecule has 1 N–H and O–H groups in total. The third kappa shape index (κ3) is 3.60. The highest BCUT2D eigenvalue weighted by molar-refractivity contribution is 6.30. The van der Waals surface area contributed by atoms with E-state index in [2.05, 4.69) is 10.3 Å². The molecule has 0 bridgehead atoms. The number of carbonyl (C=O) groups excluding carboxylic acids is 2. The minimum atomic E-state index is -0.457. The van der Waals surface area contributed by atoms with Gasteiger partial charge in [0, 0.05) is 24.0 Å². The Morgan fingerprint density at radius 3 is 2.74 bits per heavy atom. The smallest absolute Gasteiger partial charge is 0.251 e. The van der Waals surface area contributed by atoms with E-state index in [4.69, 9.17) is 11.6 Å². The first-order chi connectivity index (χ1) is 11.1. The van der Waals surface area contributed by atoms with Crippen LogP contribution in [0.3, 0.4) is 0 Å². The molecular formula is C16H17ClN4O2. The molecule has 6 nitrogen and oxygen atoms in total. The van der Waals surface area contributed by atoms with Crippen molar-refractivity contribution < 1.29 is 9.59 Å². The summed E-state index contributed by atoms with van der Waals surface area (Å²) in [5.41, 5.74) is 0.562. The number of nitrogens with one attached hydrogen (secondary N) is 1. The lowest BCUT2D eigenvalue weighted by Crippen LogP contribution is -2.39. The van der Waals surface area contributed by atoms with E-state index in [-0.39, 0.29) is 18.2 Å². The minimum absolute atomic E-state index is 0.187. The van der Waals surface area contributed by atoms with Crippen molar-refractivity contribution in [2.75, 3.05) is 11.4 Å². The molecule has 1 saturated heterocycles.